The van der Waals surface area contributed by atoms with E-state index in [-0.39, 0.29) is 12.6 Å². The van der Waals surface area contributed by atoms with Crippen LogP contribution in [0.25, 0.3) is 33.5 Å². The Hall–Kier alpha value is -4.60. The molecule has 39 heavy (non-hydrogen) atoms. The number of carbonyl (C=O) groups is 1. The zero-order valence-corrected chi connectivity index (χ0v) is 21.1. The fraction of sp³-hybridized carbons (Fsp3) is 0.200. The summed E-state index contributed by atoms with van der Waals surface area (Å²) in [7, 11) is 0. The molecule has 1 saturated heterocycles. The van der Waals surface area contributed by atoms with Gasteiger partial charge in [0.1, 0.15) is 11.5 Å². The number of fused-ring (bicyclic) bond motifs is 2. The first-order valence-corrected chi connectivity index (χ1v) is 12.9. The predicted molar refractivity (Wildman–Crippen MR) is 147 cm³/mol. The van der Waals surface area contributed by atoms with Crippen molar-refractivity contribution in [1.29, 1.82) is 0 Å². The van der Waals surface area contributed by atoms with Gasteiger partial charge in [0.15, 0.2) is 0 Å². The number of H-pyrrole nitrogens is 1. The second-order valence-corrected chi connectivity index (χ2v) is 9.91. The zero-order valence-electron chi connectivity index (χ0n) is 21.1. The van der Waals surface area contributed by atoms with E-state index in [1.165, 1.54) is 5.56 Å². The number of aromatic nitrogens is 4. The highest BCUT2D eigenvalue weighted by Crippen LogP contribution is 2.35. The van der Waals surface area contributed by atoms with Gasteiger partial charge < -0.3 is 19.7 Å². The lowest BCUT2D eigenvalue weighted by molar-refractivity contribution is 0.00830. The summed E-state index contributed by atoms with van der Waals surface area (Å²) in [5, 5.41) is 14.2. The molecule has 5 aromatic rings. The van der Waals surface area contributed by atoms with Crippen LogP contribution in [0.4, 0.5) is 10.6 Å². The number of ether oxygens (including phenoxy) is 1. The number of hydrogen-bond acceptors (Lipinski definition) is 6. The first-order chi connectivity index (χ1) is 19.2. The van der Waals surface area contributed by atoms with Gasteiger partial charge in [-0.1, -0.05) is 30.3 Å². The van der Waals surface area contributed by atoms with Crippen molar-refractivity contribution in [2.75, 3.05) is 18.5 Å². The van der Waals surface area contributed by atoms with E-state index in [0.29, 0.717) is 36.0 Å². The lowest BCUT2D eigenvalue weighted by atomic mass is 9.98. The summed E-state index contributed by atoms with van der Waals surface area (Å²) in [6.45, 7) is 2.28. The van der Waals surface area contributed by atoms with Gasteiger partial charge in [-0.15, -0.1) is 0 Å². The summed E-state index contributed by atoms with van der Waals surface area (Å²) in [6.07, 6.45) is 5.28. The minimum absolute atomic E-state index is 0.252. The lowest BCUT2D eigenvalue weighted by Crippen LogP contribution is -2.31. The van der Waals surface area contributed by atoms with Gasteiger partial charge in [0.2, 0.25) is 0 Å². The average molecular weight is 519 g/mol. The molecule has 3 N–H and O–H groups in total. The molecule has 0 radical (unpaired) electrons. The number of aliphatic hydroxyl groups excluding tert-OH is 1. The van der Waals surface area contributed by atoms with Crippen molar-refractivity contribution in [2.24, 2.45) is 0 Å². The second-order valence-electron chi connectivity index (χ2n) is 9.91. The summed E-state index contributed by atoms with van der Waals surface area (Å²) in [4.78, 5) is 31.8. The molecule has 6 heterocycles. The van der Waals surface area contributed by atoms with Crippen molar-refractivity contribution in [3.63, 3.8) is 0 Å². The highest BCUT2D eigenvalue weighted by Gasteiger charge is 2.25. The molecule has 194 valence electrons. The monoisotopic (exact) mass is 518 g/mol. The molecule has 2 aliphatic heterocycles. The van der Waals surface area contributed by atoms with E-state index < -0.39 is 0 Å². The molecule has 1 fully saturated rings. The van der Waals surface area contributed by atoms with Gasteiger partial charge in [-0.2, -0.15) is 0 Å². The second kappa shape index (κ2) is 9.61. The van der Waals surface area contributed by atoms with E-state index >= 15 is 0 Å². The van der Waals surface area contributed by atoms with Crippen LogP contribution in [0.2, 0.25) is 0 Å². The van der Waals surface area contributed by atoms with Gasteiger partial charge in [-0.3, -0.25) is 10.3 Å². The summed E-state index contributed by atoms with van der Waals surface area (Å²) in [5.74, 6) is 0.760. The maximum absolute atomic E-state index is 13.1. The number of aromatic amines is 1. The van der Waals surface area contributed by atoms with E-state index in [4.69, 9.17) is 4.74 Å². The van der Waals surface area contributed by atoms with Crippen LogP contribution in [-0.4, -0.2) is 49.2 Å². The Morgan fingerprint density at radius 2 is 1.77 bits per heavy atom. The van der Waals surface area contributed by atoms with Gasteiger partial charge in [0, 0.05) is 48.5 Å². The Bertz CT molecular complexity index is 1670. The van der Waals surface area contributed by atoms with Gasteiger partial charge >= 0.3 is 6.03 Å². The van der Waals surface area contributed by atoms with Crippen LogP contribution >= 0.6 is 0 Å². The van der Waals surface area contributed by atoms with Crippen LogP contribution in [0, 0.1) is 0 Å². The average Bonchev–Trinajstić information content (AvgIpc) is 3.57. The summed E-state index contributed by atoms with van der Waals surface area (Å²) in [6, 6.07) is 17.7. The molecule has 0 aliphatic carbocycles. The van der Waals surface area contributed by atoms with Crippen molar-refractivity contribution in [2.45, 2.75) is 25.6 Å². The van der Waals surface area contributed by atoms with Crippen LogP contribution < -0.4 is 5.32 Å². The Labute approximate surface area is 224 Å². The number of carbonyl (C=O) groups excluding carboxylic acids is 1. The van der Waals surface area contributed by atoms with Crippen molar-refractivity contribution in [3.8, 4) is 22.5 Å². The largest absolute Gasteiger partial charge is 0.392 e. The van der Waals surface area contributed by atoms with Gasteiger partial charge in [-0.05, 0) is 52.1 Å². The van der Waals surface area contributed by atoms with Gasteiger partial charge in [0.05, 0.1) is 31.2 Å². The molecule has 9 heteroatoms. The zero-order chi connectivity index (χ0) is 26.3. The first kappa shape index (κ1) is 23.5. The number of hydrogen-bond donors (Lipinski definition) is 3. The maximum atomic E-state index is 13.1. The Kier molecular flexibility index (Phi) is 5.79. The molecule has 0 bridgehead atoms. The molecular weight excluding hydrogens is 492 g/mol. The lowest BCUT2D eigenvalue weighted by Gasteiger charge is -2.25. The molecule has 2 aliphatic rings. The summed E-state index contributed by atoms with van der Waals surface area (Å²) < 4.78 is 5.30. The molecule has 0 atom stereocenters. The first-order valence-electron chi connectivity index (χ1n) is 12.9. The summed E-state index contributed by atoms with van der Waals surface area (Å²) in [5.41, 5.74) is 8.03. The smallest absolute Gasteiger partial charge is 0.323 e. The molecular formula is C30H26N6O3. The quantitative estimate of drug-likeness (QED) is 0.307. The van der Waals surface area contributed by atoms with E-state index in [2.05, 4.69) is 31.3 Å². The third-order valence-corrected chi connectivity index (χ3v) is 7.56. The van der Waals surface area contributed by atoms with Crippen LogP contribution in [0.15, 0.2) is 73.2 Å². The number of aliphatic hydroxyl groups is 1. The van der Waals surface area contributed by atoms with Crippen LogP contribution in [-0.2, 0) is 24.4 Å². The molecule has 1 aromatic carbocycles. The van der Waals surface area contributed by atoms with Crippen molar-refractivity contribution in [1.82, 2.24) is 24.8 Å². The highest BCUT2D eigenvalue weighted by atomic mass is 16.5. The maximum Gasteiger partial charge on any atom is 0.323 e. The molecule has 0 unspecified atom stereocenters. The number of anilines is 1. The van der Waals surface area contributed by atoms with E-state index in [0.717, 1.165) is 52.2 Å². The van der Waals surface area contributed by atoms with E-state index in [9.17, 15) is 9.90 Å². The predicted octanol–water partition coefficient (Wildman–Crippen LogP) is 4.84. The third-order valence-electron chi connectivity index (χ3n) is 7.56. The number of rotatable bonds is 5. The molecule has 4 aromatic heterocycles. The van der Waals surface area contributed by atoms with E-state index in [1.54, 1.807) is 17.3 Å². The minimum Gasteiger partial charge on any atom is -0.392 e. The minimum atomic E-state index is -0.284. The highest BCUT2D eigenvalue weighted by molar-refractivity contribution is 5.98. The fourth-order valence-electron chi connectivity index (χ4n) is 5.30. The van der Waals surface area contributed by atoms with Gasteiger partial charge in [-0.25, -0.2) is 14.8 Å². The fourth-order valence-corrected chi connectivity index (χ4v) is 5.30. The molecule has 0 spiro atoms. The van der Waals surface area contributed by atoms with E-state index in [1.807, 2.05) is 54.7 Å². The Morgan fingerprint density at radius 3 is 2.46 bits per heavy atom. The number of pyridine rings is 3. The molecule has 9 nitrogen and oxygen atoms in total. The van der Waals surface area contributed by atoms with Crippen LogP contribution in [0.3, 0.4) is 0 Å². The topological polar surface area (TPSA) is 116 Å². The SMILES string of the molecule is O=C(Nc1nccc(-c2ccnc3[nH]c(-c4ccc(C5COC5)cn4)cc23)c1CO)N1Cc2ccccc2C1. The van der Waals surface area contributed by atoms with Crippen LogP contribution in [0.5, 0.6) is 0 Å². The number of benzene rings is 1. The van der Waals surface area contributed by atoms with Crippen molar-refractivity contribution < 1.29 is 14.6 Å². The van der Waals surface area contributed by atoms with Crippen molar-refractivity contribution >= 4 is 22.9 Å². The number of urea groups is 1. The van der Waals surface area contributed by atoms with Crippen LogP contribution in [0.1, 0.15) is 28.2 Å². The Balaban J connectivity index is 1.19. The summed E-state index contributed by atoms with van der Waals surface area (Å²) >= 11 is 0. The standard InChI is InChI=1S/C30H26N6O3/c37-15-25-23(8-10-32-29(25)35-30(38)36-13-19-3-1-2-4-20(19)14-36)22-7-9-31-28-24(22)11-27(34-28)26-6-5-18(12-33-26)21-16-39-17-21/h1-12,21,37H,13-17H2,(H,31,34)(H,32,35,38). The normalized spacial score (nSPS) is 14.8. The Morgan fingerprint density at radius 1 is 1.00 bits per heavy atom. The van der Waals surface area contributed by atoms with Gasteiger partial charge in [0.25, 0.3) is 0 Å². The molecule has 2 amide bonds. The number of nitrogens with one attached hydrogen (secondary N) is 2. The number of amides is 2. The molecule has 7 rings (SSSR count). The molecule has 0 saturated carbocycles. The van der Waals surface area contributed by atoms with Crippen molar-refractivity contribution in [3.05, 3.63) is 95.4 Å². The third kappa shape index (κ3) is 4.21. The number of nitrogens with zero attached hydrogens (tertiary/aromatic N) is 4.